The number of fused-ring (bicyclic) bond motifs is 1. The number of nitrogens with zero attached hydrogens (tertiary/aromatic N) is 2. The number of para-hydroxylation sites is 1. The van der Waals surface area contributed by atoms with E-state index in [9.17, 15) is 14.4 Å². The smallest absolute Gasteiger partial charge is 0.410 e. The van der Waals surface area contributed by atoms with Gasteiger partial charge in [-0.15, -0.1) is 0 Å². The Morgan fingerprint density at radius 3 is 2.35 bits per heavy atom. The fraction of sp³-hybridized carbons (Fsp3) is 0.346. The summed E-state index contributed by atoms with van der Waals surface area (Å²) in [4.78, 5) is 38.9. The molecule has 0 bridgehead atoms. The highest BCUT2D eigenvalue weighted by Crippen LogP contribution is 2.28. The van der Waals surface area contributed by atoms with Crippen LogP contribution in [0, 0.1) is 0 Å². The highest BCUT2D eigenvalue weighted by molar-refractivity contribution is 8.13. The molecule has 178 valence electrons. The third kappa shape index (κ3) is 5.12. The summed E-state index contributed by atoms with van der Waals surface area (Å²) >= 11 is 1.16. The Balaban J connectivity index is 1.58. The van der Waals surface area contributed by atoms with Crippen LogP contribution in [0.1, 0.15) is 37.0 Å². The number of piperidine rings is 1. The molecule has 0 saturated carbocycles. The van der Waals surface area contributed by atoms with Gasteiger partial charge in [-0.25, -0.2) is 4.79 Å². The molecule has 3 aromatic rings. The minimum atomic E-state index is -0.299. The fourth-order valence-corrected chi connectivity index (χ4v) is 4.46. The van der Waals surface area contributed by atoms with E-state index in [1.54, 1.807) is 40.0 Å². The van der Waals surface area contributed by atoms with Crippen LogP contribution in [0.5, 0.6) is 5.75 Å². The van der Waals surface area contributed by atoms with E-state index in [2.05, 4.69) is 0 Å². The van der Waals surface area contributed by atoms with Crippen molar-refractivity contribution in [3.63, 3.8) is 0 Å². The summed E-state index contributed by atoms with van der Waals surface area (Å²) < 4.78 is 13.2. The summed E-state index contributed by atoms with van der Waals surface area (Å²) in [6.07, 6.45) is 2.52. The van der Waals surface area contributed by atoms with Gasteiger partial charge in [0.1, 0.15) is 11.9 Å². The van der Waals surface area contributed by atoms with Gasteiger partial charge in [0.25, 0.3) is 5.56 Å². The second-order valence-corrected chi connectivity index (χ2v) is 9.25. The molecule has 1 saturated heterocycles. The van der Waals surface area contributed by atoms with Crippen LogP contribution in [-0.4, -0.2) is 52.2 Å². The molecule has 0 atom stereocenters. The number of ether oxygens (including phenoxy) is 2. The first-order valence-corrected chi connectivity index (χ1v) is 12.6. The van der Waals surface area contributed by atoms with Crippen LogP contribution in [0.4, 0.5) is 4.79 Å². The molecule has 1 aliphatic heterocycles. The summed E-state index contributed by atoms with van der Waals surface area (Å²) in [5.74, 6) is 0.536. The number of rotatable bonds is 5. The molecule has 34 heavy (non-hydrogen) atoms. The number of pyridine rings is 1. The van der Waals surface area contributed by atoms with Crippen molar-refractivity contribution in [3.8, 4) is 11.4 Å². The molecule has 0 spiro atoms. The predicted octanol–water partition coefficient (Wildman–Crippen LogP) is 4.88. The Bertz CT molecular complexity index is 1240. The molecule has 4 rings (SSSR count). The highest BCUT2D eigenvalue weighted by Gasteiger charge is 2.26. The Kier molecular flexibility index (Phi) is 7.26. The minimum Gasteiger partial charge on any atom is -0.489 e. The van der Waals surface area contributed by atoms with Crippen molar-refractivity contribution < 1.29 is 19.1 Å². The van der Waals surface area contributed by atoms with Crippen molar-refractivity contribution in [1.82, 2.24) is 9.47 Å². The Morgan fingerprint density at radius 2 is 1.71 bits per heavy atom. The van der Waals surface area contributed by atoms with E-state index >= 15 is 0 Å². The van der Waals surface area contributed by atoms with E-state index in [1.165, 1.54) is 6.07 Å². The molecular formula is C26H28N2O5S. The lowest BCUT2D eigenvalue weighted by atomic mass is 10.1. The van der Waals surface area contributed by atoms with Gasteiger partial charge in [-0.2, -0.15) is 0 Å². The molecule has 1 aromatic heterocycles. The van der Waals surface area contributed by atoms with Crippen molar-refractivity contribution in [2.45, 2.75) is 38.9 Å². The quantitative estimate of drug-likeness (QED) is 0.518. The topological polar surface area (TPSA) is 77.8 Å². The first kappa shape index (κ1) is 23.9. The Hall–Kier alpha value is -3.26. The van der Waals surface area contributed by atoms with Gasteiger partial charge in [0, 0.05) is 48.6 Å². The average Bonchev–Trinajstić information content (AvgIpc) is 2.84. The van der Waals surface area contributed by atoms with Crippen LogP contribution in [0.25, 0.3) is 16.6 Å². The van der Waals surface area contributed by atoms with Crippen LogP contribution in [-0.2, 0) is 4.74 Å². The van der Waals surface area contributed by atoms with Gasteiger partial charge in [-0.3, -0.25) is 14.2 Å². The van der Waals surface area contributed by atoms with Crippen LogP contribution in [0.3, 0.4) is 0 Å². The monoisotopic (exact) mass is 480 g/mol. The number of benzene rings is 2. The molecule has 0 radical (unpaired) electrons. The minimum absolute atomic E-state index is 0.0176. The van der Waals surface area contributed by atoms with Gasteiger partial charge in [0.15, 0.2) is 0 Å². The number of thioether (sulfide) groups is 1. The Labute approximate surface area is 202 Å². The average molecular weight is 481 g/mol. The number of carbonyl (C=O) groups excluding carboxylic acids is 2. The van der Waals surface area contributed by atoms with Crippen molar-refractivity contribution in [2.24, 2.45) is 0 Å². The van der Waals surface area contributed by atoms with Crippen molar-refractivity contribution in [1.29, 1.82) is 0 Å². The molecule has 0 unspecified atom stereocenters. The highest BCUT2D eigenvalue weighted by atomic mass is 32.2. The van der Waals surface area contributed by atoms with Gasteiger partial charge in [-0.1, -0.05) is 23.9 Å². The first-order valence-electron chi connectivity index (χ1n) is 11.3. The molecule has 2 aromatic carbocycles. The van der Waals surface area contributed by atoms with Crippen LogP contribution >= 0.6 is 11.8 Å². The SMILES string of the molecule is CSC(=O)c1ccc(-n2c(=O)cc(OC3CCN(C(=O)OC(C)C)CC3)c3ccccc32)cc1. The summed E-state index contributed by atoms with van der Waals surface area (Å²) in [7, 11) is 0. The van der Waals surface area contributed by atoms with E-state index in [1.807, 2.05) is 38.1 Å². The zero-order valence-electron chi connectivity index (χ0n) is 19.5. The molecule has 0 aliphatic carbocycles. The van der Waals surface area contributed by atoms with Crippen LogP contribution < -0.4 is 10.3 Å². The van der Waals surface area contributed by atoms with E-state index in [4.69, 9.17) is 9.47 Å². The summed E-state index contributed by atoms with van der Waals surface area (Å²) in [6.45, 7) is 4.76. The van der Waals surface area contributed by atoms with Crippen molar-refractivity contribution in [2.75, 3.05) is 19.3 Å². The largest absolute Gasteiger partial charge is 0.489 e. The lowest BCUT2D eigenvalue weighted by Gasteiger charge is -2.32. The maximum Gasteiger partial charge on any atom is 0.410 e. The molecular weight excluding hydrogens is 452 g/mol. The summed E-state index contributed by atoms with van der Waals surface area (Å²) in [5, 5.41) is 0.809. The normalized spacial score (nSPS) is 14.4. The van der Waals surface area contributed by atoms with E-state index in [-0.39, 0.29) is 29.0 Å². The Morgan fingerprint density at radius 1 is 1.03 bits per heavy atom. The zero-order chi connectivity index (χ0) is 24.2. The van der Waals surface area contributed by atoms with Gasteiger partial charge in [-0.05, 0) is 56.5 Å². The van der Waals surface area contributed by atoms with Gasteiger partial charge < -0.3 is 14.4 Å². The van der Waals surface area contributed by atoms with E-state index in [0.717, 1.165) is 22.7 Å². The maximum absolute atomic E-state index is 13.2. The molecule has 7 nitrogen and oxygen atoms in total. The summed E-state index contributed by atoms with van der Waals surface area (Å²) in [6, 6.07) is 16.2. The lowest BCUT2D eigenvalue weighted by Crippen LogP contribution is -2.42. The molecule has 2 heterocycles. The predicted molar refractivity (Wildman–Crippen MR) is 134 cm³/mol. The summed E-state index contributed by atoms with van der Waals surface area (Å²) in [5.41, 5.74) is 1.79. The molecule has 8 heteroatoms. The van der Waals surface area contributed by atoms with Gasteiger partial charge >= 0.3 is 6.09 Å². The van der Waals surface area contributed by atoms with Crippen LogP contribution in [0.15, 0.2) is 59.4 Å². The number of amides is 1. The van der Waals surface area contributed by atoms with Crippen LogP contribution in [0.2, 0.25) is 0 Å². The number of hydrogen-bond acceptors (Lipinski definition) is 6. The molecule has 1 aliphatic rings. The number of hydrogen-bond donors (Lipinski definition) is 0. The second-order valence-electron chi connectivity index (χ2n) is 8.47. The molecule has 1 fully saturated rings. The van der Waals surface area contributed by atoms with Crippen molar-refractivity contribution in [3.05, 3.63) is 70.5 Å². The molecule has 1 amide bonds. The van der Waals surface area contributed by atoms with Crippen molar-refractivity contribution >= 4 is 33.9 Å². The second kappa shape index (κ2) is 10.3. The van der Waals surface area contributed by atoms with E-state index < -0.39 is 0 Å². The first-order chi connectivity index (χ1) is 16.4. The zero-order valence-corrected chi connectivity index (χ0v) is 20.3. The van der Waals surface area contributed by atoms with Gasteiger partial charge in [0.2, 0.25) is 5.12 Å². The number of likely N-dealkylation sites (tertiary alicyclic amines) is 1. The lowest BCUT2D eigenvalue weighted by molar-refractivity contribution is 0.0519. The number of aromatic nitrogens is 1. The third-order valence-corrected chi connectivity index (χ3v) is 6.37. The fourth-order valence-electron chi connectivity index (χ4n) is 4.09. The van der Waals surface area contributed by atoms with Gasteiger partial charge in [0.05, 0.1) is 11.6 Å². The standard InChI is InChI=1S/C26H28N2O5S/c1-17(2)32-26(31)27-14-12-20(13-15-27)33-23-16-24(29)28(22-7-5-4-6-21(22)23)19-10-8-18(9-11-19)25(30)34-3/h4-11,16-17,20H,12-15H2,1-3H3. The third-order valence-electron chi connectivity index (χ3n) is 5.76. The van der Waals surface area contributed by atoms with E-state index in [0.29, 0.717) is 42.9 Å². The number of carbonyl (C=O) groups is 2. The molecule has 0 N–H and O–H groups in total. The maximum atomic E-state index is 13.2.